The van der Waals surface area contributed by atoms with Gasteiger partial charge in [-0.05, 0) is 48.7 Å². The lowest BCUT2D eigenvalue weighted by Crippen LogP contribution is -2.54. The molecule has 1 saturated heterocycles. The van der Waals surface area contributed by atoms with Crippen molar-refractivity contribution < 1.29 is 30.8 Å². The molecule has 1 aliphatic rings. The number of para-hydroxylation sites is 1. The quantitative estimate of drug-likeness (QED) is 0.180. The Bertz CT molecular complexity index is 2100. The van der Waals surface area contributed by atoms with Crippen LogP contribution in [0.25, 0.3) is 28.0 Å². The average molecular weight is 692 g/mol. The van der Waals surface area contributed by atoms with Crippen LogP contribution >= 0.6 is 11.6 Å². The van der Waals surface area contributed by atoms with Gasteiger partial charge in [0, 0.05) is 37.5 Å². The Labute approximate surface area is 273 Å². The third-order valence-electron chi connectivity index (χ3n) is 8.02. The molecule has 9 nitrogen and oxygen atoms in total. The van der Waals surface area contributed by atoms with Crippen LogP contribution in [-0.4, -0.2) is 65.7 Å². The van der Waals surface area contributed by atoms with E-state index < -0.39 is 55.4 Å². The average Bonchev–Trinajstić information content (AvgIpc) is 2.99. The van der Waals surface area contributed by atoms with Gasteiger partial charge >= 0.3 is 11.9 Å². The van der Waals surface area contributed by atoms with E-state index in [9.17, 15) is 31.2 Å². The maximum atomic E-state index is 16.1. The number of carbonyl (C=O) groups excluding carboxylic acids is 1. The summed E-state index contributed by atoms with van der Waals surface area (Å²) in [5.41, 5.74) is -3.83. The van der Waals surface area contributed by atoms with Crippen molar-refractivity contribution >= 4 is 44.2 Å². The molecule has 1 aliphatic heterocycles. The van der Waals surface area contributed by atoms with Crippen LogP contribution in [0.5, 0.6) is 0 Å². The number of alkyl halides is 3. The van der Waals surface area contributed by atoms with Crippen molar-refractivity contribution in [3.8, 4) is 16.9 Å². The van der Waals surface area contributed by atoms with E-state index in [1.54, 1.807) is 36.6 Å². The lowest BCUT2D eigenvalue weighted by molar-refractivity contribution is -0.137. The first kappa shape index (κ1) is 34.0. The highest BCUT2D eigenvalue weighted by Crippen LogP contribution is 2.42. The first-order chi connectivity index (χ1) is 21.9. The summed E-state index contributed by atoms with van der Waals surface area (Å²) in [4.78, 5) is 38.0. The molecule has 5 rings (SSSR count). The van der Waals surface area contributed by atoms with E-state index in [2.05, 4.69) is 16.5 Å². The summed E-state index contributed by atoms with van der Waals surface area (Å²) >= 11 is 6.24. The Morgan fingerprint density at radius 3 is 2.40 bits per heavy atom. The second-order valence-electron chi connectivity index (χ2n) is 11.6. The summed E-state index contributed by atoms with van der Waals surface area (Å²) in [7, 11) is -4.00. The molecule has 0 radical (unpaired) electrons. The van der Waals surface area contributed by atoms with Crippen molar-refractivity contribution in [2.24, 2.45) is 0 Å². The molecule has 0 spiro atoms. The molecular weight excluding hydrogens is 662 g/mol. The summed E-state index contributed by atoms with van der Waals surface area (Å²) in [5, 5.41) is -0.510. The third kappa shape index (κ3) is 6.23. The summed E-state index contributed by atoms with van der Waals surface area (Å²) in [6.45, 7) is 9.37. The van der Waals surface area contributed by atoms with Crippen molar-refractivity contribution in [1.82, 2.24) is 19.4 Å². The molecule has 1 fully saturated rings. The first-order valence-electron chi connectivity index (χ1n) is 14.5. The summed E-state index contributed by atoms with van der Waals surface area (Å²) in [5.74, 6) is -1.86. The molecule has 15 heteroatoms. The van der Waals surface area contributed by atoms with Gasteiger partial charge in [-0.1, -0.05) is 50.2 Å². The van der Waals surface area contributed by atoms with Gasteiger partial charge in [0.2, 0.25) is 5.91 Å². The number of pyridine rings is 1. The van der Waals surface area contributed by atoms with Gasteiger partial charge in [-0.2, -0.15) is 18.2 Å². The Morgan fingerprint density at radius 1 is 1.13 bits per heavy atom. The first-order valence-corrected chi connectivity index (χ1v) is 16.7. The van der Waals surface area contributed by atoms with Crippen molar-refractivity contribution in [1.29, 1.82) is 0 Å². The summed E-state index contributed by atoms with van der Waals surface area (Å²) in [6.07, 6.45) is -2.82. The molecular formula is C32H30ClF4N5O4S. The standard InChI is InChI=1S/C32H30ClF4N5O4S/c1-6-25(43)40-13-14-41(18(4)16-40)29-20-15-23(34)27(26-21(32(35,36)37)10-8-11-22(26)33)38-30(20)42(31(44)39-29)28-19(17(2)3)9-7-12-24(28)47(5,45)46/h6-12,15,17-18H,1,13-14,16H2,2-5H3/t18-/m0/s1. The second-order valence-corrected chi connectivity index (χ2v) is 13.9. The highest BCUT2D eigenvalue weighted by molar-refractivity contribution is 7.90. The van der Waals surface area contributed by atoms with Gasteiger partial charge in [-0.25, -0.2) is 27.2 Å². The number of anilines is 1. The topological polar surface area (TPSA) is 105 Å². The van der Waals surface area contributed by atoms with Crippen molar-refractivity contribution in [3.05, 3.63) is 87.6 Å². The maximum Gasteiger partial charge on any atom is 0.417 e. The van der Waals surface area contributed by atoms with E-state index in [1.807, 2.05) is 0 Å². The Kier molecular flexibility index (Phi) is 8.97. The van der Waals surface area contributed by atoms with Gasteiger partial charge in [-0.15, -0.1) is 0 Å². The maximum absolute atomic E-state index is 16.1. The fraction of sp³-hybridized carbons (Fsp3) is 0.312. The molecule has 47 heavy (non-hydrogen) atoms. The Morgan fingerprint density at radius 2 is 1.81 bits per heavy atom. The molecule has 2 aromatic heterocycles. The van der Waals surface area contributed by atoms with Gasteiger partial charge in [-0.3, -0.25) is 4.79 Å². The van der Waals surface area contributed by atoms with E-state index in [1.165, 1.54) is 18.2 Å². The van der Waals surface area contributed by atoms with Crippen LogP contribution < -0.4 is 10.6 Å². The Hall–Kier alpha value is -4.30. The number of halogens is 5. The number of carbonyl (C=O) groups is 1. The predicted molar refractivity (Wildman–Crippen MR) is 171 cm³/mol. The van der Waals surface area contributed by atoms with Crippen LogP contribution in [0.1, 0.15) is 37.8 Å². The number of piperazine rings is 1. The Balaban J connectivity index is 1.93. The fourth-order valence-corrected chi connectivity index (χ4v) is 7.00. The second kappa shape index (κ2) is 12.4. The van der Waals surface area contributed by atoms with Crippen molar-refractivity contribution in [3.63, 3.8) is 0 Å². The molecule has 0 unspecified atom stereocenters. The van der Waals surface area contributed by atoms with Crippen LogP contribution in [0, 0.1) is 5.82 Å². The SMILES string of the molecule is C=CC(=O)N1CCN(c2nc(=O)n(-c3c(C(C)C)cccc3S(C)(=O)=O)c3nc(-c4c(Cl)cccc4C(F)(F)F)c(F)cc23)[C@@H](C)C1. The number of amides is 1. The molecule has 3 heterocycles. The van der Waals surface area contributed by atoms with Crippen LogP contribution in [0.2, 0.25) is 5.02 Å². The van der Waals surface area contributed by atoms with Crippen LogP contribution in [0.4, 0.5) is 23.4 Å². The summed E-state index contributed by atoms with van der Waals surface area (Å²) in [6, 6.07) is 7.85. The number of nitrogens with zero attached hydrogens (tertiary/aromatic N) is 5. The minimum absolute atomic E-state index is 0.0319. The van der Waals surface area contributed by atoms with Crippen LogP contribution in [0.15, 0.2) is 64.8 Å². The van der Waals surface area contributed by atoms with Crippen LogP contribution in [-0.2, 0) is 20.8 Å². The van der Waals surface area contributed by atoms with Gasteiger partial charge in [0.25, 0.3) is 0 Å². The number of benzene rings is 2. The smallest absolute Gasteiger partial charge is 0.350 e. The monoisotopic (exact) mass is 691 g/mol. The minimum atomic E-state index is -4.95. The van der Waals surface area contributed by atoms with Crippen molar-refractivity contribution in [2.45, 2.75) is 43.8 Å². The normalized spacial score (nSPS) is 15.8. The molecule has 4 aromatic rings. The van der Waals surface area contributed by atoms with Gasteiger partial charge < -0.3 is 9.80 Å². The fourth-order valence-electron chi connectivity index (χ4n) is 5.85. The van der Waals surface area contributed by atoms with Gasteiger partial charge in [0.15, 0.2) is 15.5 Å². The minimum Gasteiger partial charge on any atom is -0.350 e. The number of sulfone groups is 1. The van der Waals surface area contributed by atoms with E-state index in [0.717, 1.165) is 35.1 Å². The number of hydrogen-bond donors (Lipinski definition) is 0. The molecule has 0 aliphatic carbocycles. The zero-order chi connectivity index (χ0) is 34.6. The molecule has 2 aromatic carbocycles. The molecule has 1 amide bonds. The van der Waals surface area contributed by atoms with Gasteiger partial charge in [0.1, 0.15) is 17.3 Å². The number of aromatic nitrogens is 3. The lowest BCUT2D eigenvalue weighted by Gasteiger charge is -2.40. The van der Waals surface area contributed by atoms with E-state index in [0.29, 0.717) is 5.56 Å². The van der Waals surface area contributed by atoms with Gasteiger partial charge in [0.05, 0.1) is 26.6 Å². The van der Waals surface area contributed by atoms with E-state index >= 15 is 4.39 Å². The highest BCUT2D eigenvalue weighted by atomic mass is 35.5. The van der Waals surface area contributed by atoms with E-state index in [4.69, 9.17) is 11.6 Å². The zero-order valence-corrected chi connectivity index (χ0v) is 27.3. The number of fused-ring (bicyclic) bond motifs is 1. The van der Waals surface area contributed by atoms with E-state index in [-0.39, 0.29) is 58.9 Å². The highest BCUT2D eigenvalue weighted by Gasteiger charge is 2.37. The third-order valence-corrected chi connectivity index (χ3v) is 9.46. The summed E-state index contributed by atoms with van der Waals surface area (Å²) < 4.78 is 85.7. The molecule has 1 atom stereocenters. The number of rotatable bonds is 6. The lowest BCUT2D eigenvalue weighted by atomic mass is 10.0. The predicted octanol–water partition coefficient (Wildman–Crippen LogP) is 6.01. The number of hydrogen-bond acceptors (Lipinski definition) is 7. The van der Waals surface area contributed by atoms with Crippen LogP contribution in [0.3, 0.4) is 0 Å². The molecule has 0 bridgehead atoms. The molecule has 0 N–H and O–H groups in total. The molecule has 248 valence electrons. The van der Waals surface area contributed by atoms with Crippen molar-refractivity contribution in [2.75, 3.05) is 30.8 Å². The zero-order valence-electron chi connectivity index (χ0n) is 25.8. The largest absolute Gasteiger partial charge is 0.417 e. The molecule has 0 saturated carbocycles.